The zero-order valence-electron chi connectivity index (χ0n) is 12.3. The molecule has 0 fully saturated rings. The van der Waals surface area contributed by atoms with Crippen LogP contribution in [0.15, 0.2) is 28.6 Å². The molecule has 2 rings (SSSR count). The van der Waals surface area contributed by atoms with Crippen molar-refractivity contribution in [1.82, 2.24) is 10.2 Å². The lowest BCUT2D eigenvalue weighted by molar-refractivity contribution is 0.634. The molecule has 0 aliphatic rings. The van der Waals surface area contributed by atoms with Crippen LogP contribution in [0, 0.1) is 0 Å². The van der Waals surface area contributed by atoms with Crippen molar-refractivity contribution in [2.45, 2.75) is 29.0 Å². The minimum absolute atomic E-state index is 0.0582. The predicted octanol–water partition coefficient (Wildman–Crippen LogP) is 3.83. The van der Waals surface area contributed by atoms with E-state index in [1.54, 1.807) is 23.1 Å². The van der Waals surface area contributed by atoms with E-state index in [9.17, 15) is 0 Å². The third kappa shape index (κ3) is 4.32. The Morgan fingerprint density at radius 3 is 2.48 bits per heavy atom. The molecule has 0 radical (unpaired) electrons. The number of hydrogen-bond donors (Lipinski definition) is 1. The van der Waals surface area contributed by atoms with Gasteiger partial charge < -0.3 is 10.6 Å². The fourth-order valence-electron chi connectivity index (χ4n) is 1.81. The van der Waals surface area contributed by atoms with Crippen LogP contribution in [0.3, 0.4) is 0 Å². The quantitative estimate of drug-likeness (QED) is 0.808. The molecule has 0 saturated heterocycles. The summed E-state index contributed by atoms with van der Waals surface area (Å²) in [6, 6.07) is 7.92. The molecule has 0 bridgehead atoms. The molecular weight excluding hydrogens is 324 g/mol. The van der Waals surface area contributed by atoms with Crippen LogP contribution >= 0.6 is 34.7 Å². The van der Waals surface area contributed by atoms with Crippen LogP contribution in [-0.2, 0) is 0 Å². The first-order chi connectivity index (χ1) is 10.0. The average Bonchev–Trinajstić information content (AvgIpc) is 2.94. The van der Waals surface area contributed by atoms with E-state index in [-0.39, 0.29) is 11.3 Å². The molecule has 4 nitrogen and oxygen atoms in total. The molecule has 0 spiro atoms. The van der Waals surface area contributed by atoms with E-state index in [1.165, 1.54) is 5.56 Å². The Balaban J connectivity index is 2.21. The fraction of sp³-hybridized carbons (Fsp3) is 0.429. The van der Waals surface area contributed by atoms with Gasteiger partial charge in [-0.2, -0.15) is 0 Å². The van der Waals surface area contributed by atoms with Crippen molar-refractivity contribution in [2.75, 3.05) is 19.0 Å². The summed E-state index contributed by atoms with van der Waals surface area (Å²) >= 11 is 9.21. The van der Waals surface area contributed by atoms with Gasteiger partial charge >= 0.3 is 0 Å². The number of halogens is 1. The molecule has 7 heteroatoms. The van der Waals surface area contributed by atoms with Crippen LogP contribution in [-0.4, -0.2) is 30.3 Å². The molecule has 0 aliphatic carbocycles. The molecule has 114 valence electrons. The first-order valence-electron chi connectivity index (χ1n) is 6.69. The zero-order valence-corrected chi connectivity index (χ0v) is 14.7. The van der Waals surface area contributed by atoms with Crippen molar-refractivity contribution in [3.05, 3.63) is 34.9 Å². The van der Waals surface area contributed by atoms with Gasteiger partial charge in [-0.15, -0.1) is 10.2 Å². The van der Waals surface area contributed by atoms with E-state index in [2.05, 4.69) is 17.1 Å². The number of aromatic nitrogens is 2. The van der Waals surface area contributed by atoms with Crippen LogP contribution in [0.5, 0.6) is 0 Å². The summed E-state index contributed by atoms with van der Waals surface area (Å²) in [5, 5.41) is 10.2. The lowest BCUT2D eigenvalue weighted by atomic mass is 10.0. The molecule has 2 unspecified atom stereocenters. The van der Waals surface area contributed by atoms with Crippen LogP contribution in [0.2, 0.25) is 5.02 Å². The highest BCUT2D eigenvalue weighted by molar-refractivity contribution is 8.01. The molecule has 1 aromatic heterocycles. The van der Waals surface area contributed by atoms with Gasteiger partial charge in [0.05, 0.1) is 5.25 Å². The number of thioether (sulfide) groups is 1. The second kappa shape index (κ2) is 7.45. The lowest BCUT2D eigenvalue weighted by Crippen LogP contribution is -2.25. The Kier molecular flexibility index (Phi) is 5.87. The van der Waals surface area contributed by atoms with Crippen LogP contribution in [0.4, 0.5) is 5.13 Å². The summed E-state index contributed by atoms with van der Waals surface area (Å²) in [6.07, 6.45) is 0.902. The Hall–Kier alpha value is -0.820. The maximum atomic E-state index is 6.29. The Morgan fingerprint density at radius 1 is 1.29 bits per heavy atom. The second-order valence-corrected chi connectivity index (χ2v) is 7.69. The van der Waals surface area contributed by atoms with E-state index in [4.69, 9.17) is 17.3 Å². The Labute approximate surface area is 138 Å². The van der Waals surface area contributed by atoms with E-state index >= 15 is 0 Å². The molecule has 2 aromatic rings. The second-order valence-electron chi connectivity index (χ2n) is 4.91. The molecular formula is C14H19ClN4S2. The molecule has 0 aliphatic heterocycles. The summed E-state index contributed by atoms with van der Waals surface area (Å²) < 4.78 is 0.933. The SMILES string of the molecule is CCC(N)C(Sc1nnc(N(C)C)s1)c1ccc(Cl)cc1. The molecule has 0 saturated carbocycles. The normalized spacial score (nSPS) is 14.0. The van der Waals surface area contributed by atoms with Crippen molar-refractivity contribution < 1.29 is 0 Å². The van der Waals surface area contributed by atoms with Gasteiger partial charge in [0.25, 0.3) is 0 Å². The number of nitrogens with zero attached hydrogens (tertiary/aromatic N) is 3. The van der Waals surface area contributed by atoms with Crippen LogP contribution in [0.1, 0.15) is 24.2 Å². The third-order valence-electron chi connectivity index (χ3n) is 3.06. The molecule has 1 heterocycles. The van der Waals surface area contributed by atoms with E-state index in [0.29, 0.717) is 0 Å². The largest absolute Gasteiger partial charge is 0.353 e. The van der Waals surface area contributed by atoms with Crippen molar-refractivity contribution >= 4 is 39.8 Å². The molecule has 21 heavy (non-hydrogen) atoms. The molecule has 2 N–H and O–H groups in total. The molecule has 1 aromatic carbocycles. The highest BCUT2D eigenvalue weighted by Crippen LogP contribution is 2.40. The van der Waals surface area contributed by atoms with Gasteiger partial charge in [-0.05, 0) is 24.1 Å². The first kappa shape index (κ1) is 16.5. The standard InChI is InChI=1S/C14H19ClN4S2/c1-4-11(16)12(9-5-7-10(15)8-6-9)20-14-18-17-13(21-14)19(2)3/h5-8,11-12H,4,16H2,1-3H3. The maximum absolute atomic E-state index is 6.29. The summed E-state index contributed by atoms with van der Waals surface area (Å²) in [4.78, 5) is 1.96. The topological polar surface area (TPSA) is 55.0 Å². The van der Waals surface area contributed by atoms with Crippen LogP contribution < -0.4 is 10.6 Å². The summed E-state index contributed by atoms with van der Waals surface area (Å²) in [7, 11) is 3.92. The van der Waals surface area contributed by atoms with Crippen molar-refractivity contribution in [3.63, 3.8) is 0 Å². The number of anilines is 1. The molecule has 2 atom stereocenters. The fourth-order valence-corrected chi connectivity index (χ4v) is 4.13. The van der Waals surface area contributed by atoms with Gasteiger partial charge in [0.1, 0.15) is 0 Å². The molecule has 0 amide bonds. The summed E-state index contributed by atoms with van der Waals surface area (Å²) in [5.74, 6) is 0. The predicted molar refractivity (Wildman–Crippen MR) is 92.6 cm³/mol. The average molecular weight is 343 g/mol. The monoisotopic (exact) mass is 342 g/mol. The van der Waals surface area contributed by atoms with Crippen molar-refractivity contribution in [3.8, 4) is 0 Å². The van der Waals surface area contributed by atoms with Gasteiger partial charge in [0, 0.05) is 25.2 Å². The van der Waals surface area contributed by atoms with Gasteiger partial charge in [-0.25, -0.2) is 0 Å². The van der Waals surface area contributed by atoms with Gasteiger partial charge in [0.2, 0.25) is 5.13 Å². The summed E-state index contributed by atoms with van der Waals surface area (Å²) in [6.45, 7) is 2.10. The van der Waals surface area contributed by atoms with E-state index < -0.39 is 0 Å². The number of nitrogens with two attached hydrogens (primary N) is 1. The van der Waals surface area contributed by atoms with Crippen LogP contribution in [0.25, 0.3) is 0 Å². The maximum Gasteiger partial charge on any atom is 0.208 e. The zero-order chi connectivity index (χ0) is 15.4. The van der Waals surface area contributed by atoms with E-state index in [0.717, 1.165) is 20.9 Å². The highest BCUT2D eigenvalue weighted by atomic mass is 35.5. The Morgan fingerprint density at radius 2 is 1.95 bits per heavy atom. The van der Waals surface area contributed by atoms with Crippen molar-refractivity contribution in [2.24, 2.45) is 5.73 Å². The number of benzene rings is 1. The van der Waals surface area contributed by atoms with E-state index in [1.807, 2.05) is 43.3 Å². The smallest absolute Gasteiger partial charge is 0.208 e. The minimum atomic E-state index is 0.0582. The lowest BCUT2D eigenvalue weighted by Gasteiger charge is -2.21. The minimum Gasteiger partial charge on any atom is -0.353 e. The Bertz CT molecular complexity index is 571. The summed E-state index contributed by atoms with van der Waals surface area (Å²) in [5.41, 5.74) is 7.46. The number of rotatable bonds is 6. The first-order valence-corrected chi connectivity index (χ1v) is 8.77. The van der Waals surface area contributed by atoms with Gasteiger partial charge in [-0.1, -0.05) is 53.8 Å². The highest BCUT2D eigenvalue weighted by Gasteiger charge is 2.22. The van der Waals surface area contributed by atoms with Crippen molar-refractivity contribution in [1.29, 1.82) is 0 Å². The third-order valence-corrected chi connectivity index (χ3v) is 5.90. The van der Waals surface area contributed by atoms with Gasteiger partial charge in [-0.3, -0.25) is 0 Å². The number of hydrogen-bond acceptors (Lipinski definition) is 6. The van der Waals surface area contributed by atoms with Gasteiger partial charge in [0.15, 0.2) is 4.34 Å².